The van der Waals surface area contributed by atoms with Gasteiger partial charge in [0.05, 0.1) is 11.0 Å². The fourth-order valence-electron chi connectivity index (χ4n) is 3.98. The van der Waals surface area contributed by atoms with Gasteiger partial charge in [-0.25, -0.2) is 8.42 Å². The summed E-state index contributed by atoms with van der Waals surface area (Å²) in [6.07, 6.45) is 0.0974. The first kappa shape index (κ1) is 24.9. The number of amides is 1. The van der Waals surface area contributed by atoms with Crippen LogP contribution in [0.5, 0.6) is 5.75 Å². The summed E-state index contributed by atoms with van der Waals surface area (Å²) in [5.41, 5.74) is 2.37. The fraction of sp³-hybridized carbons (Fsp3) is 0.296. The summed E-state index contributed by atoms with van der Waals surface area (Å²) in [6, 6.07) is 23.4. The average Bonchev–Trinajstić information content (AvgIpc) is 2.86. The summed E-state index contributed by atoms with van der Waals surface area (Å²) in [5.74, 6) is 0.592. The van der Waals surface area contributed by atoms with Crippen molar-refractivity contribution in [2.75, 3.05) is 31.5 Å². The lowest BCUT2D eigenvalue weighted by atomic mass is 10.1. The number of benzene rings is 3. The molecule has 0 unspecified atom stereocenters. The van der Waals surface area contributed by atoms with Crippen LogP contribution in [0, 0.1) is 0 Å². The normalized spacial score (nSPS) is 15.2. The van der Waals surface area contributed by atoms with Gasteiger partial charge in [-0.2, -0.15) is 4.31 Å². The zero-order valence-electron chi connectivity index (χ0n) is 20.1. The molecule has 8 heteroatoms. The molecule has 0 atom stereocenters. The Labute approximate surface area is 207 Å². The van der Waals surface area contributed by atoms with Crippen LogP contribution in [0.15, 0.2) is 83.8 Å². The molecule has 0 saturated carbocycles. The van der Waals surface area contributed by atoms with Gasteiger partial charge in [0, 0.05) is 44.0 Å². The van der Waals surface area contributed by atoms with Crippen molar-refractivity contribution in [2.45, 2.75) is 31.4 Å². The zero-order valence-corrected chi connectivity index (χ0v) is 20.9. The quantitative estimate of drug-likeness (QED) is 0.508. The Hall–Kier alpha value is -3.20. The first-order chi connectivity index (χ1) is 16.8. The minimum absolute atomic E-state index is 0.0974. The third-order valence-electron chi connectivity index (χ3n) is 5.82. The van der Waals surface area contributed by atoms with Crippen molar-refractivity contribution < 1.29 is 17.9 Å². The molecule has 7 nitrogen and oxygen atoms in total. The number of carbonyl (C=O) groups excluding carboxylic acids is 1. The van der Waals surface area contributed by atoms with Gasteiger partial charge in [0.1, 0.15) is 5.75 Å². The van der Waals surface area contributed by atoms with E-state index >= 15 is 0 Å². The highest BCUT2D eigenvalue weighted by molar-refractivity contribution is 7.89. The van der Waals surface area contributed by atoms with E-state index < -0.39 is 10.0 Å². The standard InChI is InChI=1S/C27H31N3O4S/c1-21(2)34-25-14-12-24(13-15-25)28-27(31)23-10-8-22(9-11-23)20-29-16-18-30(19-17-29)35(32,33)26-6-4-3-5-7-26/h3-15,21H,16-20H2,1-2H3,(H,28,31). The summed E-state index contributed by atoms with van der Waals surface area (Å²) in [7, 11) is -3.45. The second kappa shape index (κ2) is 11.0. The Balaban J connectivity index is 1.28. The van der Waals surface area contributed by atoms with Crippen molar-refractivity contribution in [1.82, 2.24) is 9.21 Å². The summed E-state index contributed by atoms with van der Waals surface area (Å²) in [6.45, 7) is 6.87. The molecule has 1 aliphatic rings. The van der Waals surface area contributed by atoms with Gasteiger partial charge in [-0.1, -0.05) is 30.3 Å². The molecule has 1 heterocycles. The minimum atomic E-state index is -3.45. The van der Waals surface area contributed by atoms with E-state index in [2.05, 4.69) is 10.2 Å². The highest BCUT2D eigenvalue weighted by atomic mass is 32.2. The van der Waals surface area contributed by atoms with E-state index in [9.17, 15) is 13.2 Å². The lowest BCUT2D eigenvalue weighted by Gasteiger charge is -2.34. The summed E-state index contributed by atoms with van der Waals surface area (Å²) in [4.78, 5) is 15.2. The molecule has 1 amide bonds. The molecule has 184 valence electrons. The van der Waals surface area contributed by atoms with E-state index in [0.29, 0.717) is 48.9 Å². The zero-order chi connectivity index (χ0) is 24.8. The number of ether oxygens (including phenoxy) is 1. The smallest absolute Gasteiger partial charge is 0.255 e. The lowest BCUT2D eigenvalue weighted by molar-refractivity contribution is 0.102. The molecular formula is C27H31N3O4S. The number of piperazine rings is 1. The van der Waals surface area contributed by atoms with Crippen molar-refractivity contribution in [3.63, 3.8) is 0 Å². The molecule has 1 saturated heterocycles. The van der Waals surface area contributed by atoms with Crippen LogP contribution in [0.4, 0.5) is 5.69 Å². The molecule has 3 aromatic carbocycles. The van der Waals surface area contributed by atoms with E-state index in [0.717, 1.165) is 11.3 Å². The molecule has 0 aromatic heterocycles. The number of anilines is 1. The van der Waals surface area contributed by atoms with E-state index in [1.165, 1.54) is 0 Å². The van der Waals surface area contributed by atoms with E-state index in [1.807, 2.05) is 68.4 Å². The molecule has 1 fully saturated rings. The second-order valence-electron chi connectivity index (χ2n) is 8.84. The predicted octanol–water partition coefficient (Wildman–Crippen LogP) is 4.23. The Kier molecular flexibility index (Phi) is 7.85. The third-order valence-corrected chi connectivity index (χ3v) is 7.73. The van der Waals surface area contributed by atoms with Gasteiger partial charge in [0.25, 0.3) is 5.91 Å². The Morgan fingerprint density at radius 1 is 0.886 bits per heavy atom. The Morgan fingerprint density at radius 2 is 1.51 bits per heavy atom. The molecule has 3 aromatic rings. The number of carbonyl (C=O) groups is 1. The number of nitrogens with one attached hydrogen (secondary N) is 1. The maximum atomic E-state index is 12.8. The van der Waals surface area contributed by atoms with Crippen LogP contribution in [0.3, 0.4) is 0 Å². The molecule has 4 rings (SSSR count). The minimum Gasteiger partial charge on any atom is -0.491 e. The van der Waals surface area contributed by atoms with Gasteiger partial charge in [0.15, 0.2) is 0 Å². The lowest BCUT2D eigenvalue weighted by Crippen LogP contribution is -2.48. The van der Waals surface area contributed by atoms with Gasteiger partial charge in [-0.05, 0) is 67.9 Å². The highest BCUT2D eigenvalue weighted by Gasteiger charge is 2.28. The summed E-state index contributed by atoms with van der Waals surface area (Å²) >= 11 is 0. The van der Waals surface area contributed by atoms with Crippen molar-refractivity contribution in [3.05, 3.63) is 90.0 Å². The Bertz CT molecular complexity index is 1220. The molecule has 35 heavy (non-hydrogen) atoms. The first-order valence-electron chi connectivity index (χ1n) is 11.8. The van der Waals surface area contributed by atoms with E-state index in [4.69, 9.17) is 4.74 Å². The molecule has 0 radical (unpaired) electrons. The third kappa shape index (κ3) is 6.48. The largest absolute Gasteiger partial charge is 0.491 e. The number of rotatable bonds is 8. The van der Waals surface area contributed by atoms with Gasteiger partial charge >= 0.3 is 0 Å². The van der Waals surface area contributed by atoms with Crippen LogP contribution in [0.25, 0.3) is 0 Å². The van der Waals surface area contributed by atoms with Crippen LogP contribution < -0.4 is 10.1 Å². The van der Waals surface area contributed by atoms with Crippen molar-refractivity contribution >= 4 is 21.6 Å². The summed E-state index contributed by atoms with van der Waals surface area (Å²) in [5, 5.41) is 2.90. The SMILES string of the molecule is CC(C)Oc1ccc(NC(=O)c2ccc(CN3CCN(S(=O)(=O)c4ccccc4)CC3)cc2)cc1. The Morgan fingerprint density at radius 3 is 2.11 bits per heavy atom. The number of hydrogen-bond acceptors (Lipinski definition) is 5. The van der Waals surface area contributed by atoms with Gasteiger partial charge in [-0.3, -0.25) is 9.69 Å². The van der Waals surface area contributed by atoms with Crippen LogP contribution in [-0.2, 0) is 16.6 Å². The number of hydrogen-bond donors (Lipinski definition) is 1. The van der Waals surface area contributed by atoms with Crippen molar-refractivity contribution in [1.29, 1.82) is 0 Å². The molecule has 0 spiro atoms. The number of sulfonamides is 1. The van der Waals surface area contributed by atoms with Crippen molar-refractivity contribution in [2.24, 2.45) is 0 Å². The van der Waals surface area contributed by atoms with Gasteiger partial charge in [0.2, 0.25) is 10.0 Å². The predicted molar refractivity (Wildman–Crippen MR) is 137 cm³/mol. The monoisotopic (exact) mass is 493 g/mol. The topological polar surface area (TPSA) is 79.0 Å². The van der Waals surface area contributed by atoms with Crippen molar-refractivity contribution in [3.8, 4) is 5.75 Å². The molecule has 0 bridgehead atoms. The molecule has 0 aliphatic carbocycles. The molecular weight excluding hydrogens is 462 g/mol. The van der Waals surface area contributed by atoms with E-state index in [-0.39, 0.29) is 12.0 Å². The first-order valence-corrected chi connectivity index (χ1v) is 13.2. The van der Waals surface area contributed by atoms with Crippen LogP contribution in [0.1, 0.15) is 29.8 Å². The number of nitrogens with zero attached hydrogens (tertiary/aromatic N) is 2. The van der Waals surface area contributed by atoms with Crippen LogP contribution >= 0.6 is 0 Å². The second-order valence-corrected chi connectivity index (χ2v) is 10.8. The van der Waals surface area contributed by atoms with Crippen LogP contribution in [0.2, 0.25) is 0 Å². The van der Waals surface area contributed by atoms with E-state index in [1.54, 1.807) is 28.6 Å². The highest BCUT2D eigenvalue weighted by Crippen LogP contribution is 2.20. The fourth-order valence-corrected chi connectivity index (χ4v) is 5.42. The van der Waals surface area contributed by atoms with Crippen LogP contribution in [-0.4, -0.2) is 55.8 Å². The molecule has 1 aliphatic heterocycles. The average molecular weight is 494 g/mol. The van der Waals surface area contributed by atoms with Gasteiger partial charge < -0.3 is 10.1 Å². The maximum absolute atomic E-state index is 12.8. The maximum Gasteiger partial charge on any atom is 0.255 e. The van der Waals surface area contributed by atoms with Gasteiger partial charge in [-0.15, -0.1) is 0 Å². The molecule has 1 N–H and O–H groups in total. The summed E-state index contributed by atoms with van der Waals surface area (Å²) < 4.78 is 32.8.